The molecule has 1 heterocycles. The van der Waals surface area contributed by atoms with Crippen LogP contribution in [-0.2, 0) is 4.79 Å². The summed E-state index contributed by atoms with van der Waals surface area (Å²) in [4.78, 5) is 18.3. The molecule has 148 valence electrons. The predicted octanol–water partition coefficient (Wildman–Crippen LogP) is 1.89. The van der Waals surface area contributed by atoms with Crippen LogP contribution in [0.3, 0.4) is 0 Å². The minimum atomic E-state index is -0.155. The molecular formula is C17H36IN5OS. The van der Waals surface area contributed by atoms with Crippen LogP contribution >= 0.6 is 35.7 Å². The van der Waals surface area contributed by atoms with Crippen molar-refractivity contribution in [1.82, 2.24) is 15.5 Å². The number of carbonyl (C=O) groups excluding carboxylic acids is 1. The Balaban J connectivity index is 0.00000576. The van der Waals surface area contributed by atoms with Crippen LogP contribution < -0.4 is 16.4 Å². The van der Waals surface area contributed by atoms with Gasteiger partial charge in [0.05, 0.1) is 5.92 Å². The van der Waals surface area contributed by atoms with Crippen molar-refractivity contribution in [1.29, 1.82) is 0 Å². The first-order chi connectivity index (χ1) is 11.7. The third kappa shape index (κ3) is 11.9. The van der Waals surface area contributed by atoms with Crippen molar-refractivity contribution in [3.8, 4) is 0 Å². The average Bonchev–Trinajstić information content (AvgIpc) is 2.58. The Morgan fingerprint density at radius 3 is 2.80 bits per heavy atom. The summed E-state index contributed by atoms with van der Waals surface area (Å²) in [5.74, 6) is 2.01. The van der Waals surface area contributed by atoms with Gasteiger partial charge in [-0.1, -0.05) is 0 Å². The Bertz CT molecular complexity index is 384. The molecule has 1 aliphatic heterocycles. The molecule has 1 atom stereocenters. The molecule has 1 unspecified atom stereocenters. The minimum absolute atomic E-state index is 0. The second-order valence-corrected chi connectivity index (χ2v) is 7.27. The molecule has 4 N–H and O–H groups in total. The van der Waals surface area contributed by atoms with Crippen LogP contribution in [0.2, 0.25) is 0 Å². The fourth-order valence-corrected chi connectivity index (χ4v) is 3.39. The van der Waals surface area contributed by atoms with Gasteiger partial charge in [0.15, 0.2) is 5.96 Å². The van der Waals surface area contributed by atoms with E-state index in [9.17, 15) is 4.79 Å². The minimum Gasteiger partial charge on any atom is -0.369 e. The topological polar surface area (TPSA) is 82.8 Å². The van der Waals surface area contributed by atoms with Gasteiger partial charge < -0.3 is 21.3 Å². The van der Waals surface area contributed by atoms with Gasteiger partial charge in [0, 0.05) is 26.2 Å². The number of nitrogens with zero attached hydrogens (tertiary/aromatic N) is 2. The van der Waals surface area contributed by atoms with E-state index in [1.54, 1.807) is 0 Å². The quantitative estimate of drug-likeness (QED) is 0.180. The molecule has 0 radical (unpaired) electrons. The molecule has 0 bridgehead atoms. The number of carbonyl (C=O) groups is 1. The van der Waals surface area contributed by atoms with Crippen LogP contribution in [0.4, 0.5) is 0 Å². The number of hydrogen-bond donors (Lipinski definition) is 3. The van der Waals surface area contributed by atoms with Crippen molar-refractivity contribution in [3.05, 3.63) is 0 Å². The summed E-state index contributed by atoms with van der Waals surface area (Å²) < 4.78 is 0. The maximum Gasteiger partial charge on any atom is 0.221 e. The molecule has 0 aromatic heterocycles. The summed E-state index contributed by atoms with van der Waals surface area (Å²) in [6.45, 7) is 7.61. The van der Waals surface area contributed by atoms with Gasteiger partial charge in [-0.05, 0) is 64.1 Å². The first-order valence-electron chi connectivity index (χ1n) is 9.20. The highest BCUT2D eigenvalue weighted by Crippen LogP contribution is 2.15. The van der Waals surface area contributed by atoms with Gasteiger partial charge >= 0.3 is 0 Å². The van der Waals surface area contributed by atoms with E-state index >= 15 is 0 Å². The van der Waals surface area contributed by atoms with Crippen LogP contribution in [0.25, 0.3) is 0 Å². The number of nitrogens with two attached hydrogens (primary N) is 1. The number of aliphatic imine (C=N–C) groups is 1. The van der Waals surface area contributed by atoms with Crippen LogP contribution in [-0.4, -0.2) is 68.0 Å². The molecule has 0 spiro atoms. The van der Waals surface area contributed by atoms with E-state index in [1.165, 1.54) is 18.6 Å². The van der Waals surface area contributed by atoms with Crippen molar-refractivity contribution in [3.63, 3.8) is 0 Å². The molecule has 8 heteroatoms. The number of rotatable bonds is 11. The van der Waals surface area contributed by atoms with E-state index < -0.39 is 0 Å². The van der Waals surface area contributed by atoms with E-state index in [1.807, 2.05) is 11.8 Å². The fourth-order valence-electron chi connectivity index (χ4n) is 2.90. The zero-order valence-electron chi connectivity index (χ0n) is 15.8. The van der Waals surface area contributed by atoms with Crippen LogP contribution in [0.1, 0.15) is 39.0 Å². The number of thioether (sulfide) groups is 1. The summed E-state index contributed by atoms with van der Waals surface area (Å²) >= 11 is 1.90. The molecule has 0 saturated carbocycles. The van der Waals surface area contributed by atoms with Gasteiger partial charge in [0.25, 0.3) is 0 Å². The van der Waals surface area contributed by atoms with E-state index in [-0.39, 0.29) is 35.8 Å². The Kier molecular flexibility index (Phi) is 15.8. The zero-order valence-corrected chi connectivity index (χ0v) is 18.9. The third-order valence-corrected chi connectivity index (χ3v) is 4.92. The summed E-state index contributed by atoms with van der Waals surface area (Å²) in [6, 6.07) is 0. The van der Waals surface area contributed by atoms with Crippen LogP contribution in [0.5, 0.6) is 0 Å². The molecular weight excluding hydrogens is 449 g/mol. The average molecular weight is 485 g/mol. The SMILES string of the molecule is CCNC(=NCCCN1CCCC(C(N)=O)C1)NCCCCSC.I. The summed E-state index contributed by atoms with van der Waals surface area (Å²) in [5.41, 5.74) is 5.43. The van der Waals surface area contributed by atoms with Gasteiger partial charge in [0.1, 0.15) is 0 Å². The number of amides is 1. The maximum atomic E-state index is 11.3. The summed E-state index contributed by atoms with van der Waals surface area (Å²) in [7, 11) is 0. The number of guanidine groups is 1. The molecule has 6 nitrogen and oxygen atoms in total. The molecule has 1 aliphatic rings. The number of piperidine rings is 1. The lowest BCUT2D eigenvalue weighted by Crippen LogP contribution is -2.41. The number of primary amides is 1. The highest BCUT2D eigenvalue weighted by molar-refractivity contribution is 14.0. The Labute approximate surface area is 174 Å². The van der Waals surface area contributed by atoms with Crippen molar-refractivity contribution in [2.45, 2.75) is 39.0 Å². The lowest BCUT2D eigenvalue weighted by atomic mass is 9.97. The van der Waals surface area contributed by atoms with Gasteiger partial charge in [-0.15, -0.1) is 24.0 Å². The number of halogens is 1. The first-order valence-corrected chi connectivity index (χ1v) is 10.6. The van der Waals surface area contributed by atoms with Gasteiger partial charge in [-0.3, -0.25) is 9.79 Å². The maximum absolute atomic E-state index is 11.3. The van der Waals surface area contributed by atoms with Gasteiger partial charge in [-0.2, -0.15) is 11.8 Å². The first kappa shape index (κ1) is 24.8. The van der Waals surface area contributed by atoms with Gasteiger partial charge in [-0.25, -0.2) is 0 Å². The summed E-state index contributed by atoms with van der Waals surface area (Å²) in [5, 5.41) is 6.69. The second-order valence-electron chi connectivity index (χ2n) is 6.28. The van der Waals surface area contributed by atoms with E-state index in [4.69, 9.17) is 5.73 Å². The Hall–Kier alpha value is -0.220. The predicted molar refractivity (Wildman–Crippen MR) is 120 cm³/mol. The molecule has 1 rings (SSSR count). The third-order valence-electron chi connectivity index (χ3n) is 4.22. The van der Waals surface area contributed by atoms with E-state index in [2.05, 4.69) is 33.7 Å². The Morgan fingerprint density at radius 1 is 1.32 bits per heavy atom. The number of nitrogens with one attached hydrogen (secondary N) is 2. The van der Waals surface area contributed by atoms with Crippen molar-refractivity contribution >= 4 is 47.6 Å². The number of unbranched alkanes of at least 4 members (excludes halogenated alkanes) is 1. The van der Waals surface area contributed by atoms with Gasteiger partial charge in [0.2, 0.25) is 5.91 Å². The lowest BCUT2D eigenvalue weighted by molar-refractivity contribution is -0.123. The molecule has 25 heavy (non-hydrogen) atoms. The number of hydrogen-bond acceptors (Lipinski definition) is 4. The van der Waals surface area contributed by atoms with E-state index in [0.717, 1.165) is 64.5 Å². The number of likely N-dealkylation sites (tertiary alicyclic amines) is 1. The van der Waals surface area contributed by atoms with Crippen LogP contribution in [0, 0.1) is 5.92 Å². The molecule has 0 aromatic carbocycles. The normalized spacial score (nSPS) is 18.5. The standard InChI is InChI=1S/C17H35N5OS.HI/c1-3-19-17(20-9-4-5-13-24-2)21-10-7-12-22-11-6-8-15(14-22)16(18)23;/h15H,3-14H2,1-2H3,(H2,18,23)(H2,19,20,21);1H. The Morgan fingerprint density at radius 2 is 2.12 bits per heavy atom. The monoisotopic (exact) mass is 485 g/mol. The van der Waals surface area contributed by atoms with Crippen LogP contribution in [0.15, 0.2) is 4.99 Å². The highest BCUT2D eigenvalue weighted by atomic mass is 127. The fraction of sp³-hybridized carbons (Fsp3) is 0.882. The molecule has 1 amide bonds. The lowest BCUT2D eigenvalue weighted by Gasteiger charge is -2.30. The van der Waals surface area contributed by atoms with Crippen molar-refractivity contribution in [2.75, 3.05) is 51.3 Å². The van der Waals surface area contributed by atoms with Crippen molar-refractivity contribution in [2.24, 2.45) is 16.6 Å². The highest BCUT2D eigenvalue weighted by Gasteiger charge is 2.23. The molecule has 1 saturated heterocycles. The zero-order chi connectivity index (χ0) is 17.6. The second kappa shape index (κ2) is 16.0. The summed E-state index contributed by atoms with van der Waals surface area (Å²) in [6.07, 6.45) is 7.57. The smallest absolute Gasteiger partial charge is 0.221 e. The molecule has 0 aliphatic carbocycles. The molecule has 1 fully saturated rings. The van der Waals surface area contributed by atoms with E-state index in [0.29, 0.717) is 0 Å². The molecule has 0 aromatic rings. The largest absolute Gasteiger partial charge is 0.369 e. The van der Waals surface area contributed by atoms with Crippen molar-refractivity contribution < 1.29 is 4.79 Å².